The van der Waals surface area contributed by atoms with E-state index in [-0.39, 0.29) is 25.0 Å². The second-order valence-electron chi connectivity index (χ2n) is 8.50. The van der Waals surface area contributed by atoms with E-state index in [2.05, 4.69) is 0 Å². The average Bonchev–Trinajstić information content (AvgIpc) is 3.35. The number of rotatable bonds is 6. The van der Waals surface area contributed by atoms with E-state index in [1.54, 1.807) is 18.2 Å². The molecule has 3 aromatic carbocycles. The zero-order valence-corrected chi connectivity index (χ0v) is 19.3. The van der Waals surface area contributed by atoms with Crippen LogP contribution in [0.15, 0.2) is 84.0 Å². The van der Waals surface area contributed by atoms with Crippen LogP contribution in [0, 0.1) is 0 Å². The number of amides is 2. The van der Waals surface area contributed by atoms with Crippen LogP contribution in [-0.4, -0.2) is 48.8 Å². The van der Waals surface area contributed by atoms with E-state index >= 15 is 0 Å². The molecular weight excluding hydrogens is 444 g/mol. The Kier molecular flexibility index (Phi) is 6.10. The minimum absolute atomic E-state index is 0.0301. The van der Waals surface area contributed by atoms with Gasteiger partial charge in [0.25, 0.3) is 11.8 Å². The van der Waals surface area contributed by atoms with E-state index in [4.69, 9.17) is 20.3 Å². The number of hydrazone groups is 1. The first-order chi connectivity index (χ1) is 17.0. The van der Waals surface area contributed by atoms with E-state index < -0.39 is 12.0 Å². The number of para-hydroxylation sites is 2. The minimum atomic E-state index is -0.836. The van der Waals surface area contributed by atoms with Crippen LogP contribution < -0.4 is 20.1 Å². The van der Waals surface area contributed by atoms with E-state index in [0.29, 0.717) is 12.2 Å². The number of fused-ring (bicyclic) bond motifs is 1. The summed E-state index contributed by atoms with van der Waals surface area (Å²) in [5.74, 6) is 0.517. The fourth-order valence-electron chi connectivity index (χ4n) is 4.47. The molecule has 2 amide bonds. The predicted octanol–water partition coefficient (Wildman–Crippen LogP) is 3.13. The standard InChI is InChI=1S/C27H26N4O4/c1-34-20-13-11-19(12-14-20)23-15-21(18-7-3-2-4-8-18)29-31(23)26(32)17-30-16-25(27(28)33)35-24-10-6-5-9-22(24)30/h2-14,23,25H,15-17H2,1H3,(H2,28,33)/t23-,25-/m0/s1. The molecular formula is C27H26N4O4. The van der Waals surface area contributed by atoms with Crippen LogP contribution in [0.3, 0.4) is 0 Å². The van der Waals surface area contributed by atoms with Gasteiger partial charge in [0.1, 0.15) is 11.5 Å². The Hall–Kier alpha value is -4.33. The highest BCUT2D eigenvalue weighted by Crippen LogP contribution is 2.36. The highest BCUT2D eigenvalue weighted by Gasteiger charge is 2.36. The van der Waals surface area contributed by atoms with E-state index in [9.17, 15) is 9.59 Å². The van der Waals surface area contributed by atoms with E-state index in [0.717, 1.165) is 28.3 Å². The Morgan fingerprint density at radius 1 is 1.03 bits per heavy atom. The first kappa shape index (κ1) is 22.5. The molecule has 0 aliphatic carbocycles. The molecule has 2 heterocycles. The number of primary amides is 1. The Morgan fingerprint density at radius 2 is 1.74 bits per heavy atom. The molecule has 0 radical (unpaired) electrons. The molecule has 35 heavy (non-hydrogen) atoms. The van der Waals surface area contributed by atoms with Crippen molar-refractivity contribution in [2.75, 3.05) is 25.1 Å². The van der Waals surface area contributed by atoms with Crippen molar-refractivity contribution in [1.29, 1.82) is 0 Å². The monoisotopic (exact) mass is 470 g/mol. The number of benzene rings is 3. The number of methoxy groups -OCH3 is 1. The summed E-state index contributed by atoms with van der Waals surface area (Å²) in [5, 5.41) is 6.31. The van der Waals surface area contributed by atoms with Gasteiger partial charge >= 0.3 is 0 Å². The van der Waals surface area contributed by atoms with Gasteiger partial charge < -0.3 is 20.1 Å². The lowest BCUT2D eigenvalue weighted by atomic mass is 9.98. The summed E-state index contributed by atoms with van der Waals surface area (Å²) in [5.41, 5.74) is 9.05. The lowest BCUT2D eigenvalue weighted by molar-refractivity contribution is -0.132. The van der Waals surface area contributed by atoms with Crippen LogP contribution in [0.25, 0.3) is 0 Å². The van der Waals surface area contributed by atoms with E-state index in [1.807, 2.05) is 77.7 Å². The summed E-state index contributed by atoms with van der Waals surface area (Å²) in [4.78, 5) is 27.4. The van der Waals surface area contributed by atoms with Crippen molar-refractivity contribution in [2.24, 2.45) is 10.8 Å². The number of carbonyl (C=O) groups is 2. The Morgan fingerprint density at radius 3 is 2.46 bits per heavy atom. The van der Waals surface area contributed by atoms with Crippen molar-refractivity contribution >= 4 is 23.2 Å². The maximum absolute atomic E-state index is 13.7. The number of nitrogens with two attached hydrogens (primary N) is 1. The molecule has 2 atom stereocenters. The first-order valence-electron chi connectivity index (χ1n) is 11.4. The van der Waals surface area contributed by atoms with Crippen LogP contribution in [0.5, 0.6) is 11.5 Å². The molecule has 2 aliphatic heterocycles. The van der Waals surface area contributed by atoms with Gasteiger partial charge in [-0.15, -0.1) is 0 Å². The van der Waals surface area contributed by atoms with Crippen molar-refractivity contribution in [3.05, 3.63) is 90.0 Å². The van der Waals surface area contributed by atoms with Gasteiger partial charge in [0.2, 0.25) is 0 Å². The maximum Gasteiger partial charge on any atom is 0.262 e. The molecule has 0 spiro atoms. The quantitative estimate of drug-likeness (QED) is 0.597. The van der Waals surface area contributed by atoms with Crippen LogP contribution in [-0.2, 0) is 9.59 Å². The number of ether oxygens (including phenoxy) is 2. The second-order valence-corrected chi connectivity index (χ2v) is 8.50. The fourth-order valence-corrected chi connectivity index (χ4v) is 4.47. The van der Waals surface area contributed by atoms with Crippen LogP contribution >= 0.6 is 0 Å². The number of anilines is 1. The predicted molar refractivity (Wildman–Crippen MR) is 132 cm³/mol. The lowest BCUT2D eigenvalue weighted by Crippen LogP contribution is -2.50. The van der Waals surface area contributed by atoms with Crippen molar-refractivity contribution in [2.45, 2.75) is 18.6 Å². The third-order valence-electron chi connectivity index (χ3n) is 6.28. The molecule has 5 rings (SSSR count). The molecule has 2 aliphatic rings. The highest BCUT2D eigenvalue weighted by molar-refractivity contribution is 6.03. The molecule has 0 bridgehead atoms. The van der Waals surface area contributed by atoms with Gasteiger partial charge in [-0.25, -0.2) is 5.01 Å². The summed E-state index contributed by atoms with van der Waals surface area (Å²) in [6.45, 7) is 0.219. The van der Waals surface area contributed by atoms with Gasteiger partial charge in [-0.2, -0.15) is 5.10 Å². The third-order valence-corrected chi connectivity index (χ3v) is 6.28. The molecule has 0 fully saturated rings. The summed E-state index contributed by atoms with van der Waals surface area (Å²) in [6, 6.07) is 24.6. The van der Waals surface area contributed by atoms with Crippen LogP contribution in [0.2, 0.25) is 0 Å². The lowest BCUT2D eigenvalue weighted by Gasteiger charge is -2.35. The SMILES string of the molecule is COc1ccc([C@@H]2CC(c3ccccc3)=NN2C(=O)CN2C[C@@H](C(N)=O)Oc3ccccc32)cc1. The Balaban J connectivity index is 1.45. The van der Waals surface area contributed by atoms with Crippen LogP contribution in [0.1, 0.15) is 23.6 Å². The molecule has 8 heteroatoms. The molecule has 2 N–H and O–H groups in total. The van der Waals surface area contributed by atoms with Gasteiger partial charge in [0, 0.05) is 6.42 Å². The fraction of sp³-hybridized carbons (Fsp3) is 0.222. The minimum Gasteiger partial charge on any atom is -0.497 e. The summed E-state index contributed by atoms with van der Waals surface area (Å²) in [7, 11) is 1.62. The van der Waals surface area contributed by atoms with Crippen molar-refractivity contribution in [3.8, 4) is 11.5 Å². The second kappa shape index (κ2) is 9.50. The molecule has 178 valence electrons. The first-order valence-corrected chi connectivity index (χ1v) is 11.4. The van der Waals surface area contributed by atoms with Crippen LogP contribution in [0.4, 0.5) is 5.69 Å². The Labute approximate surface area is 203 Å². The summed E-state index contributed by atoms with van der Waals surface area (Å²) in [6.07, 6.45) is -0.247. The van der Waals surface area contributed by atoms with Gasteiger partial charge in [-0.3, -0.25) is 9.59 Å². The van der Waals surface area contributed by atoms with Gasteiger partial charge in [0.15, 0.2) is 6.10 Å². The molecule has 0 saturated heterocycles. The number of hydrogen-bond acceptors (Lipinski definition) is 6. The highest BCUT2D eigenvalue weighted by atomic mass is 16.5. The van der Waals surface area contributed by atoms with Gasteiger partial charge in [0.05, 0.1) is 37.6 Å². The summed E-state index contributed by atoms with van der Waals surface area (Å²) < 4.78 is 11.0. The topological polar surface area (TPSA) is 97.5 Å². The van der Waals surface area contributed by atoms with Crippen molar-refractivity contribution in [3.63, 3.8) is 0 Å². The number of hydrogen-bond donors (Lipinski definition) is 1. The third kappa shape index (κ3) is 4.55. The molecule has 0 saturated carbocycles. The summed E-state index contributed by atoms with van der Waals surface area (Å²) >= 11 is 0. The average molecular weight is 471 g/mol. The van der Waals surface area contributed by atoms with Gasteiger partial charge in [-0.05, 0) is 35.4 Å². The molecule has 8 nitrogen and oxygen atoms in total. The zero-order valence-electron chi connectivity index (χ0n) is 19.3. The normalized spacial score (nSPS) is 18.9. The van der Waals surface area contributed by atoms with Crippen molar-refractivity contribution < 1.29 is 19.1 Å². The van der Waals surface area contributed by atoms with Gasteiger partial charge in [-0.1, -0.05) is 54.6 Å². The zero-order chi connectivity index (χ0) is 24.4. The van der Waals surface area contributed by atoms with E-state index in [1.165, 1.54) is 0 Å². The largest absolute Gasteiger partial charge is 0.497 e. The maximum atomic E-state index is 13.7. The molecule has 0 unspecified atom stereocenters. The van der Waals surface area contributed by atoms with Crippen molar-refractivity contribution in [1.82, 2.24) is 5.01 Å². The Bertz CT molecular complexity index is 1260. The molecule has 0 aromatic heterocycles. The smallest absolute Gasteiger partial charge is 0.262 e. The number of carbonyl (C=O) groups excluding carboxylic acids is 2. The number of nitrogens with zero attached hydrogens (tertiary/aromatic N) is 3. The molecule has 3 aromatic rings.